The Balaban J connectivity index is 0.00000309. The van der Waals surface area contributed by atoms with Crippen molar-refractivity contribution >= 4 is 86.8 Å². The first-order valence-corrected chi connectivity index (χ1v) is 25.6. The molecule has 5 rings (SSSR count). The van der Waals surface area contributed by atoms with Crippen molar-refractivity contribution in [1.82, 2.24) is 47.5 Å². The van der Waals surface area contributed by atoms with E-state index in [-0.39, 0.29) is 77.0 Å². The highest BCUT2D eigenvalue weighted by Crippen LogP contribution is 2.21. The maximum atomic E-state index is 14.5. The Morgan fingerprint density at radius 1 is 0.740 bits per heavy atom. The quantitative estimate of drug-likeness (QED) is 0.0426. The number of carbonyl (C=O) groups is 10. The zero-order valence-electron chi connectivity index (χ0n) is 43.7. The van der Waals surface area contributed by atoms with E-state index in [1.807, 2.05) is 73.7 Å². The first-order valence-electron chi connectivity index (χ1n) is 25.6. The zero-order valence-corrected chi connectivity index (χ0v) is 43.7. The number of fused-ring (bicyclic) bond motifs is 2. The van der Waals surface area contributed by atoms with Crippen LogP contribution < -0.4 is 59.7 Å². The fraction of sp³-hybridized carbons (Fsp3) is 0.453. The molecule has 24 nitrogen and oxygen atoms in total. The number of guanidine groups is 1. The van der Waals surface area contributed by atoms with Crippen LogP contribution in [0.1, 0.15) is 96.1 Å². The van der Waals surface area contributed by atoms with Crippen molar-refractivity contribution in [3.8, 4) is 0 Å². The molecule has 0 bridgehead atoms. The van der Waals surface area contributed by atoms with Gasteiger partial charge in [0.15, 0.2) is 5.96 Å². The molecule has 1 fully saturated rings. The van der Waals surface area contributed by atoms with Crippen LogP contribution in [0.25, 0.3) is 21.7 Å². The number of aliphatic carboxylic acids is 1. The van der Waals surface area contributed by atoms with E-state index < -0.39 is 102 Å². The van der Waals surface area contributed by atoms with Crippen molar-refractivity contribution in [3.63, 3.8) is 0 Å². The van der Waals surface area contributed by atoms with Crippen LogP contribution in [0.15, 0.2) is 77.9 Å². The van der Waals surface area contributed by atoms with Crippen LogP contribution in [0.4, 0.5) is 0 Å². The average molecular weight is 1070 g/mol. The standard InChI is InChI=1S/C51H69N13O9.C2H4O2/c1-3-4-15-38(59-30(2)65)47(70)64-42-28-44(67)55-22-10-9-17-37(45(52)68)61-50(73)41(27-34-29-58-36-16-8-7-14-35(34)36)63-48(71)39(18-11-23-57-51(53)54)62-49(72)40(60-43(66)21-24-56-46(42)69)26-31-19-20-32-12-5-6-13-33(32)25-31;1-2(3)4/h5-8,12-14,16,19-20,25,29,37-42,58H,3-4,9-11,15,17-18,21-24,26-28H2,1-2H3,(H2,52,68)(H,55,67)(H,56,69)(H,59,65)(H,60,66)(H,61,73)(H,62,72)(H,63,71)(H,64,70)(H4,53,54,57);1H3,(H,3,4)/t37-,38?,39-,40+,41-,42-;/m0./s1. The summed E-state index contributed by atoms with van der Waals surface area (Å²) >= 11 is 0. The minimum Gasteiger partial charge on any atom is -0.481 e. The minimum absolute atomic E-state index is 0.0131. The first kappa shape index (κ1) is 61.0. The van der Waals surface area contributed by atoms with Crippen molar-refractivity contribution in [2.45, 2.75) is 134 Å². The molecule has 1 aromatic heterocycles. The zero-order chi connectivity index (χ0) is 56.4. The molecule has 3 aromatic carbocycles. The van der Waals surface area contributed by atoms with E-state index in [0.29, 0.717) is 24.0 Å². The Morgan fingerprint density at radius 3 is 2.10 bits per heavy atom. The number of carboxylic acids is 1. The van der Waals surface area contributed by atoms with E-state index in [1.54, 1.807) is 6.20 Å². The van der Waals surface area contributed by atoms with Crippen molar-refractivity contribution in [3.05, 3.63) is 84.1 Å². The van der Waals surface area contributed by atoms with Gasteiger partial charge >= 0.3 is 0 Å². The number of unbranched alkanes of at least 4 members (excludes halogenated alkanes) is 1. The summed E-state index contributed by atoms with van der Waals surface area (Å²) < 4.78 is 0. The predicted octanol–water partition coefficient (Wildman–Crippen LogP) is 0.0515. The summed E-state index contributed by atoms with van der Waals surface area (Å²) in [4.78, 5) is 139. The Morgan fingerprint density at radius 2 is 1.40 bits per heavy atom. The molecule has 0 aliphatic carbocycles. The van der Waals surface area contributed by atoms with Gasteiger partial charge < -0.3 is 69.8 Å². The molecule has 2 heterocycles. The number of carbonyl (C=O) groups excluding carboxylic acids is 9. The molecule has 1 saturated heterocycles. The number of carboxylic acid groups (broad SMARTS) is 1. The van der Waals surface area contributed by atoms with Crippen molar-refractivity contribution < 1.29 is 53.1 Å². The number of aliphatic imine (C=N–C) groups is 1. The second-order valence-electron chi connectivity index (χ2n) is 18.7. The fourth-order valence-electron chi connectivity index (χ4n) is 8.47. The smallest absolute Gasteiger partial charge is 0.300 e. The van der Waals surface area contributed by atoms with Crippen molar-refractivity contribution in [1.29, 1.82) is 0 Å². The van der Waals surface area contributed by atoms with Gasteiger partial charge in [-0.15, -0.1) is 0 Å². The third kappa shape index (κ3) is 21.3. The number of aromatic nitrogens is 1. The summed E-state index contributed by atoms with van der Waals surface area (Å²) in [5.74, 6) is -7.30. The SMILES string of the molecule is CC(=O)O.CCCCC(NC(C)=O)C(=O)N[C@H]1CC(=O)NCCCC[C@@H](C(N)=O)NC(=O)[C@H](Cc2c[nH]c3ccccc23)NC(=O)[C@H](CCCN=C(N)N)NC(=O)[C@@H](Cc2ccc3ccccc3c2)NC(=O)CCNC1=O. The predicted molar refractivity (Wildman–Crippen MR) is 288 cm³/mol. The van der Waals surface area contributed by atoms with Crippen molar-refractivity contribution in [2.24, 2.45) is 22.2 Å². The number of benzene rings is 3. The fourth-order valence-corrected chi connectivity index (χ4v) is 8.47. The molecule has 9 amide bonds. The summed E-state index contributed by atoms with van der Waals surface area (Å²) in [7, 11) is 0. The number of para-hydroxylation sites is 1. The van der Waals surface area contributed by atoms with Gasteiger partial charge in [-0.3, -0.25) is 52.9 Å². The molecular formula is C53H73N13O11. The van der Waals surface area contributed by atoms with Gasteiger partial charge in [-0.2, -0.15) is 0 Å². The summed E-state index contributed by atoms with van der Waals surface area (Å²) in [6, 6.07) is 13.0. The van der Waals surface area contributed by atoms with E-state index in [2.05, 4.69) is 52.5 Å². The lowest BCUT2D eigenvalue weighted by atomic mass is 10.00. The highest BCUT2D eigenvalue weighted by atomic mass is 16.4. The second kappa shape index (κ2) is 31.3. The summed E-state index contributed by atoms with van der Waals surface area (Å²) in [6.07, 6.45) is 3.21. The van der Waals surface area contributed by atoms with Gasteiger partial charge in [0.2, 0.25) is 53.2 Å². The summed E-state index contributed by atoms with van der Waals surface area (Å²) in [5.41, 5.74) is 19.1. The number of nitrogens with one attached hydrogen (secondary N) is 9. The number of nitrogens with two attached hydrogens (primary N) is 3. The van der Waals surface area contributed by atoms with Gasteiger partial charge in [-0.1, -0.05) is 80.4 Å². The number of amides is 9. The van der Waals surface area contributed by atoms with Crippen LogP contribution in [0.3, 0.4) is 0 Å². The number of aromatic amines is 1. The van der Waals surface area contributed by atoms with E-state index in [9.17, 15) is 43.2 Å². The van der Waals surface area contributed by atoms with Gasteiger partial charge in [-0.05, 0) is 66.5 Å². The lowest BCUT2D eigenvalue weighted by molar-refractivity contribution is -0.134. The largest absolute Gasteiger partial charge is 0.481 e. The van der Waals surface area contributed by atoms with E-state index in [1.165, 1.54) is 6.92 Å². The van der Waals surface area contributed by atoms with Crippen LogP contribution in [-0.4, -0.2) is 131 Å². The molecular weight excluding hydrogens is 995 g/mol. The third-order valence-corrected chi connectivity index (χ3v) is 12.3. The third-order valence-electron chi connectivity index (χ3n) is 12.3. The molecule has 6 atom stereocenters. The molecule has 1 aliphatic rings. The van der Waals surface area contributed by atoms with E-state index in [4.69, 9.17) is 27.1 Å². The van der Waals surface area contributed by atoms with Crippen LogP contribution in [0.2, 0.25) is 0 Å². The summed E-state index contributed by atoms with van der Waals surface area (Å²) in [5, 5.41) is 31.6. The molecule has 0 saturated carbocycles. The molecule has 0 spiro atoms. The Bertz CT molecular complexity index is 2740. The topological polar surface area (TPSA) is 393 Å². The number of rotatable bonds is 15. The molecule has 0 radical (unpaired) electrons. The Labute approximate surface area is 446 Å². The molecule has 1 aliphatic heterocycles. The lowest BCUT2D eigenvalue weighted by Gasteiger charge is -2.26. The number of H-pyrrole nitrogens is 1. The van der Waals surface area contributed by atoms with Gasteiger partial charge in [0.05, 0.1) is 6.42 Å². The molecule has 4 aromatic rings. The molecule has 77 heavy (non-hydrogen) atoms. The number of hydrogen-bond donors (Lipinski definition) is 13. The average Bonchev–Trinajstić information content (AvgIpc) is 3.78. The highest BCUT2D eigenvalue weighted by molar-refractivity contribution is 5.97. The van der Waals surface area contributed by atoms with E-state index in [0.717, 1.165) is 35.0 Å². The maximum Gasteiger partial charge on any atom is 0.300 e. The number of primary amides is 1. The molecule has 416 valence electrons. The van der Waals surface area contributed by atoms with Gasteiger partial charge in [0.1, 0.15) is 36.3 Å². The normalized spacial score (nSPS) is 19.9. The first-order chi connectivity index (χ1) is 36.7. The van der Waals surface area contributed by atoms with Gasteiger partial charge in [0.25, 0.3) is 5.97 Å². The lowest BCUT2D eigenvalue weighted by Crippen LogP contribution is -2.59. The van der Waals surface area contributed by atoms with Gasteiger partial charge in [-0.25, -0.2) is 0 Å². The monoisotopic (exact) mass is 1070 g/mol. The highest BCUT2D eigenvalue weighted by Gasteiger charge is 2.33. The number of hydrogen-bond acceptors (Lipinski definition) is 11. The van der Waals surface area contributed by atoms with Crippen molar-refractivity contribution in [2.75, 3.05) is 19.6 Å². The minimum atomic E-state index is -1.42. The summed E-state index contributed by atoms with van der Waals surface area (Å²) in [6.45, 7) is 4.16. The molecule has 1 unspecified atom stereocenters. The van der Waals surface area contributed by atoms with Crippen LogP contribution >= 0.6 is 0 Å². The van der Waals surface area contributed by atoms with E-state index >= 15 is 0 Å². The van der Waals surface area contributed by atoms with Crippen LogP contribution in [-0.2, 0) is 60.8 Å². The van der Waals surface area contributed by atoms with Gasteiger partial charge in [0, 0.05) is 69.8 Å². The molecule has 16 N–H and O–H groups in total. The van der Waals surface area contributed by atoms with Crippen LogP contribution in [0.5, 0.6) is 0 Å². The van der Waals surface area contributed by atoms with Crippen LogP contribution in [0, 0.1) is 0 Å². The maximum absolute atomic E-state index is 14.5. The number of nitrogens with zero attached hydrogens (tertiary/aromatic N) is 1. The Kier molecular flexibility index (Phi) is 24.8. The molecule has 24 heteroatoms. The Hall–Kier alpha value is -8.57. The second-order valence-corrected chi connectivity index (χ2v) is 18.7.